The molecule has 1 atom stereocenters. The maximum atomic E-state index is 12.1. The van der Waals surface area contributed by atoms with Crippen LogP contribution in [0.1, 0.15) is 19.8 Å². The summed E-state index contributed by atoms with van der Waals surface area (Å²) in [5.74, 6) is -1.06. The second-order valence-corrected chi connectivity index (χ2v) is 6.27. The molecule has 2 rings (SSSR count). The number of aliphatic imine (C=N–C) groups is 1. The van der Waals surface area contributed by atoms with Crippen LogP contribution in [0.5, 0.6) is 0 Å². The Balaban J connectivity index is 2.35. The lowest BCUT2D eigenvalue weighted by molar-refractivity contribution is -0.132. The second-order valence-electron chi connectivity index (χ2n) is 4.31. The first kappa shape index (κ1) is 13.8. The van der Waals surface area contributed by atoms with Gasteiger partial charge >= 0.3 is 5.97 Å². The molecule has 0 bridgehead atoms. The third-order valence-corrected chi connectivity index (χ3v) is 4.81. The van der Waals surface area contributed by atoms with Crippen molar-refractivity contribution in [2.24, 2.45) is 10.7 Å². The van der Waals surface area contributed by atoms with Crippen molar-refractivity contribution < 1.29 is 18.3 Å². The van der Waals surface area contributed by atoms with Crippen molar-refractivity contribution in [1.29, 1.82) is 0 Å². The molecule has 7 nitrogen and oxygen atoms in total. The highest BCUT2D eigenvalue weighted by molar-refractivity contribution is 7.89. The van der Waals surface area contributed by atoms with Crippen molar-refractivity contribution in [3.8, 4) is 0 Å². The van der Waals surface area contributed by atoms with Gasteiger partial charge in [0.1, 0.15) is 0 Å². The summed E-state index contributed by atoms with van der Waals surface area (Å²) in [5.41, 5.74) is 6.59. The Morgan fingerprint density at radius 3 is 2.89 bits per heavy atom. The number of nitrogens with zero attached hydrogens (tertiary/aromatic N) is 2. The van der Waals surface area contributed by atoms with Crippen LogP contribution in [0.2, 0.25) is 0 Å². The first-order valence-corrected chi connectivity index (χ1v) is 7.47. The van der Waals surface area contributed by atoms with Gasteiger partial charge < -0.3 is 5.11 Å². The van der Waals surface area contributed by atoms with Gasteiger partial charge in [0.05, 0.1) is 17.2 Å². The summed E-state index contributed by atoms with van der Waals surface area (Å²) in [6, 6.07) is 0. The van der Waals surface area contributed by atoms with Gasteiger partial charge in [-0.15, -0.1) is 0 Å². The quantitative estimate of drug-likeness (QED) is 0.756. The smallest absolute Gasteiger partial charge is 0.331 e. The topological polar surface area (TPSA) is 113 Å². The molecule has 0 radical (unpaired) electrons. The summed E-state index contributed by atoms with van der Waals surface area (Å²) in [4.78, 5) is 14.9. The van der Waals surface area contributed by atoms with E-state index in [9.17, 15) is 13.2 Å². The van der Waals surface area contributed by atoms with Crippen LogP contribution in [0.15, 0.2) is 28.4 Å². The summed E-state index contributed by atoms with van der Waals surface area (Å²) in [7, 11) is -3.52. The van der Waals surface area contributed by atoms with Gasteiger partial charge in [0, 0.05) is 5.57 Å². The van der Waals surface area contributed by atoms with Crippen molar-refractivity contribution in [3.63, 3.8) is 0 Å². The van der Waals surface area contributed by atoms with Crippen LogP contribution in [0.3, 0.4) is 0 Å². The average Bonchev–Trinajstić information content (AvgIpc) is 2.63. The number of sulfonamides is 1. The average molecular weight is 285 g/mol. The van der Waals surface area contributed by atoms with E-state index in [0.29, 0.717) is 17.8 Å². The first-order chi connectivity index (χ1) is 8.86. The Bertz CT molecular complexity index is 603. The van der Waals surface area contributed by atoms with E-state index in [1.165, 1.54) is 6.08 Å². The maximum Gasteiger partial charge on any atom is 0.331 e. The Labute approximate surface area is 111 Å². The van der Waals surface area contributed by atoms with Crippen LogP contribution >= 0.6 is 0 Å². The second kappa shape index (κ2) is 4.78. The molecule has 2 aliphatic rings. The van der Waals surface area contributed by atoms with Crippen molar-refractivity contribution in [2.75, 3.05) is 5.75 Å². The number of fused-ring (bicyclic) bond motifs is 1. The Kier molecular flexibility index (Phi) is 3.46. The zero-order chi connectivity index (χ0) is 14.2. The third kappa shape index (κ3) is 2.41. The molecule has 1 heterocycles. The fraction of sp³-hybridized carbons (Fsp3) is 0.455. The first-order valence-electron chi connectivity index (χ1n) is 5.86. The summed E-state index contributed by atoms with van der Waals surface area (Å²) < 4.78 is 25.3. The van der Waals surface area contributed by atoms with Gasteiger partial charge in [-0.3, -0.25) is 5.73 Å². The predicted octanol–water partition coefficient (Wildman–Crippen LogP) is 0.0237. The van der Waals surface area contributed by atoms with Crippen molar-refractivity contribution in [2.45, 2.75) is 26.1 Å². The largest absolute Gasteiger partial charge is 0.478 e. The predicted molar refractivity (Wildman–Crippen MR) is 69.7 cm³/mol. The molecule has 0 amide bonds. The minimum atomic E-state index is -3.52. The normalized spacial score (nSPS) is 22.5. The molecule has 8 heteroatoms. The van der Waals surface area contributed by atoms with Gasteiger partial charge in [-0.1, -0.05) is 13.0 Å². The Morgan fingerprint density at radius 2 is 2.32 bits per heavy atom. The van der Waals surface area contributed by atoms with E-state index in [0.717, 1.165) is 4.31 Å². The zero-order valence-corrected chi connectivity index (χ0v) is 11.2. The lowest BCUT2D eigenvalue weighted by atomic mass is 10.0. The van der Waals surface area contributed by atoms with Gasteiger partial charge in [0.25, 0.3) is 0 Å². The fourth-order valence-electron chi connectivity index (χ4n) is 2.07. The molecule has 0 fully saturated rings. The van der Waals surface area contributed by atoms with Crippen LogP contribution in [0, 0.1) is 0 Å². The number of rotatable bonds is 4. The standard InChI is InChI=1S/C11H15N3O4S/c1-2-5-19(17,18)14-9-4-3-7(10(15)16)6-8(9)13-11(14)12/h4,6,11H,2-3,5,12H2,1H3,(H,15,16). The molecule has 104 valence electrons. The zero-order valence-electron chi connectivity index (χ0n) is 10.4. The van der Waals surface area contributed by atoms with E-state index < -0.39 is 22.3 Å². The number of hydrogen-bond donors (Lipinski definition) is 2. The monoisotopic (exact) mass is 285 g/mol. The number of allylic oxidation sites excluding steroid dienone is 2. The molecular weight excluding hydrogens is 270 g/mol. The molecule has 0 aromatic heterocycles. The Hall–Kier alpha value is -1.67. The van der Waals surface area contributed by atoms with Crippen molar-refractivity contribution in [3.05, 3.63) is 23.4 Å². The van der Waals surface area contributed by atoms with Crippen molar-refractivity contribution in [1.82, 2.24) is 4.31 Å². The molecule has 19 heavy (non-hydrogen) atoms. The number of nitrogens with two attached hydrogens (primary N) is 1. The van der Waals surface area contributed by atoms with E-state index >= 15 is 0 Å². The molecule has 0 saturated heterocycles. The van der Waals surface area contributed by atoms with Crippen LogP contribution < -0.4 is 5.73 Å². The lowest BCUT2D eigenvalue weighted by Crippen LogP contribution is -2.42. The van der Waals surface area contributed by atoms with Crippen LogP contribution in [0.4, 0.5) is 0 Å². The van der Waals surface area contributed by atoms with E-state index in [2.05, 4.69) is 4.99 Å². The lowest BCUT2D eigenvalue weighted by Gasteiger charge is -2.24. The molecule has 1 aliphatic carbocycles. The molecular formula is C11H15N3O4S. The third-order valence-electron chi connectivity index (χ3n) is 2.87. The SMILES string of the molecule is CCCS(=O)(=O)N1C2=CCC(C(=O)O)=CC2=NC1N. The molecule has 0 aromatic rings. The summed E-state index contributed by atoms with van der Waals surface area (Å²) in [5, 5.41) is 8.92. The highest BCUT2D eigenvalue weighted by atomic mass is 32.2. The summed E-state index contributed by atoms with van der Waals surface area (Å²) in [6.07, 6.45) is 2.54. The van der Waals surface area contributed by atoms with Crippen LogP contribution in [-0.2, 0) is 14.8 Å². The van der Waals surface area contributed by atoms with Gasteiger partial charge in [0.15, 0.2) is 6.29 Å². The highest BCUT2D eigenvalue weighted by Gasteiger charge is 2.37. The molecule has 1 aliphatic heterocycles. The van der Waals surface area contributed by atoms with E-state index in [4.69, 9.17) is 10.8 Å². The minimum absolute atomic E-state index is 0.0175. The highest BCUT2D eigenvalue weighted by Crippen LogP contribution is 2.28. The minimum Gasteiger partial charge on any atom is -0.478 e. The van der Waals surface area contributed by atoms with Gasteiger partial charge in [0.2, 0.25) is 10.0 Å². The van der Waals surface area contributed by atoms with Gasteiger partial charge in [-0.25, -0.2) is 22.5 Å². The maximum absolute atomic E-state index is 12.1. The fourth-order valence-corrected chi connectivity index (χ4v) is 3.63. The van der Waals surface area contributed by atoms with Gasteiger partial charge in [-0.2, -0.15) is 0 Å². The van der Waals surface area contributed by atoms with Gasteiger partial charge in [-0.05, 0) is 18.9 Å². The molecule has 0 aromatic carbocycles. The van der Waals surface area contributed by atoms with Crippen molar-refractivity contribution >= 4 is 21.7 Å². The van der Waals surface area contributed by atoms with E-state index in [-0.39, 0.29) is 17.7 Å². The van der Waals surface area contributed by atoms with Crippen LogP contribution in [-0.4, -0.2) is 41.6 Å². The molecule has 0 saturated carbocycles. The molecule has 1 unspecified atom stereocenters. The Morgan fingerprint density at radius 1 is 1.63 bits per heavy atom. The summed E-state index contributed by atoms with van der Waals surface area (Å²) >= 11 is 0. The molecule has 0 spiro atoms. The number of hydrogen-bond acceptors (Lipinski definition) is 5. The summed E-state index contributed by atoms with van der Waals surface area (Å²) in [6.45, 7) is 1.76. The number of carbonyl (C=O) groups is 1. The van der Waals surface area contributed by atoms with E-state index in [1.807, 2.05) is 0 Å². The number of aliphatic carboxylic acids is 1. The van der Waals surface area contributed by atoms with Crippen LogP contribution in [0.25, 0.3) is 0 Å². The number of carboxylic acids is 1. The molecule has 3 N–H and O–H groups in total. The van der Waals surface area contributed by atoms with E-state index in [1.54, 1.807) is 13.0 Å². The number of carboxylic acid groups (broad SMARTS) is 1.